The van der Waals surface area contributed by atoms with Crippen molar-refractivity contribution in [2.45, 2.75) is 26.9 Å². The molecule has 0 amide bonds. The van der Waals surface area contributed by atoms with Crippen LogP contribution in [0.25, 0.3) is 11.1 Å². The summed E-state index contributed by atoms with van der Waals surface area (Å²) in [5, 5.41) is 9.33. The van der Waals surface area contributed by atoms with Crippen molar-refractivity contribution in [3.8, 4) is 16.9 Å². The molecule has 20 heavy (non-hydrogen) atoms. The summed E-state index contributed by atoms with van der Waals surface area (Å²) in [5.74, 6) is -0.173. The van der Waals surface area contributed by atoms with E-state index in [4.69, 9.17) is 4.74 Å². The molecule has 0 aliphatic carbocycles. The molecule has 104 valence electrons. The summed E-state index contributed by atoms with van der Waals surface area (Å²) in [5.41, 5.74) is 2.80. The minimum absolute atomic E-state index is 0.0854. The minimum Gasteiger partial charge on any atom is -0.491 e. The van der Waals surface area contributed by atoms with E-state index in [1.807, 2.05) is 57.2 Å². The first kappa shape index (κ1) is 14.1. The summed E-state index contributed by atoms with van der Waals surface area (Å²) in [7, 11) is 0. The van der Waals surface area contributed by atoms with Gasteiger partial charge in [0.05, 0.1) is 11.7 Å². The van der Waals surface area contributed by atoms with Gasteiger partial charge >= 0.3 is 5.97 Å². The van der Waals surface area contributed by atoms with Crippen LogP contribution in [-0.4, -0.2) is 17.2 Å². The van der Waals surface area contributed by atoms with Crippen molar-refractivity contribution in [1.82, 2.24) is 0 Å². The molecule has 0 spiro atoms. The lowest BCUT2D eigenvalue weighted by Gasteiger charge is -2.12. The van der Waals surface area contributed by atoms with Crippen molar-refractivity contribution >= 4 is 5.97 Å². The minimum atomic E-state index is -0.918. The van der Waals surface area contributed by atoms with Gasteiger partial charge in [0.1, 0.15) is 5.75 Å². The van der Waals surface area contributed by atoms with Crippen LogP contribution in [0.1, 0.15) is 29.8 Å². The standard InChI is InChI=1S/C17H18O3/c1-11(2)20-14-6-4-5-13(10-14)15-8-7-12(3)9-16(15)17(18)19/h4-11H,1-3H3,(H,18,19). The lowest BCUT2D eigenvalue weighted by molar-refractivity contribution is 0.0697. The van der Waals surface area contributed by atoms with Crippen LogP contribution in [0.2, 0.25) is 0 Å². The van der Waals surface area contributed by atoms with Crippen LogP contribution < -0.4 is 4.74 Å². The summed E-state index contributed by atoms with van der Waals surface area (Å²) in [4.78, 5) is 11.4. The summed E-state index contributed by atoms with van der Waals surface area (Å²) in [6, 6.07) is 13.0. The smallest absolute Gasteiger partial charge is 0.336 e. The van der Waals surface area contributed by atoms with Crippen LogP contribution >= 0.6 is 0 Å². The first-order chi connectivity index (χ1) is 9.47. The number of hydrogen-bond acceptors (Lipinski definition) is 2. The topological polar surface area (TPSA) is 46.5 Å². The Labute approximate surface area is 118 Å². The molecule has 0 radical (unpaired) electrons. The number of benzene rings is 2. The van der Waals surface area contributed by atoms with Crippen LogP contribution in [0.3, 0.4) is 0 Å². The van der Waals surface area contributed by atoms with Crippen LogP contribution in [0.5, 0.6) is 5.75 Å². The van der Waals surface area contributed by atoms with Crippen molar-refractivity contribution < 1.29 is 14.6 Å². The predicted molar refractivity (Wildman–Crippen MR) is 79.3 cm³/mol. The number of carboxylic acids is 1. The van der Waals surface area contributed by atoms with E-state index in [0.29, 0.717) is 11.1 Å². The third kappa shape index (κ3) is 3.18. The molecule has 2 rings (SSSR count). The van der Waals surface area contributed by atoms with Gasteiger partial charge in [0.15, 0.2) is 0 Å². The van der Waals surface area contributed by atoms with E-state index in [0.717, 1.165) is 16.9 Å². The average Bonchev–Trinajstić information content (AvgIpc) is 2.38. The van der Waals surface area contributed by atoms with E-state index in [1.54, 1.807) is 6.07 Å². The van der Waals surface area contributed by atoms with Crippen molar-refractivity contribution in [2.75, 3.05) is 0 Å². The van der Waals surface area contributed by atoms with E-state index < -0.39 is 5.97 Å². The predicted octanol–water partition coefficient (Wildman–Crippen LogP) is 4.15. The SMILES string of the molecule is Cc1ccc(-c2cccc(OC(C)C)c2)c(C(=O)O)c1. The molecule has 0 saturated heterocycles. The first-order valence-electron chi connectivity index (χ1n) is 6.58. The molecule has 2 aromatic rings. The second-order valence-corrected chi connectivity index (χ2v) is 5.05. The zero-order valence-electron chi connectivity index (χ0n) is 11.9. The zero-order valence-corrected chi connectivity index (χ0v) is 11.9. The van der Waals surface area contributed by atoms with E-state index >= 15 is 0 Å². The average molecular weight is 270 g/mol. The molecule has 1 N–H and O–H groups in total. The highest BCUT2D eigenvalue weighted by molar-refractivity contribution is 5.96. The summed E-state index contributed by atoms with van der Waals surface area (Å²) in [6.45, 7) is 5.80. The van der Waals surface area contributed by atoms with Gasteiger partial charge in [-0.25, -0.2) is 4.79 Å². The van der Waals surface area contributed by atoms with Crippen molar-refractivity contribution in [3.05, 3.63) is 53.6 Å². The van der Waals surface area contributed by atoms with E-state index in [9.17, 15) is 9.90 Å². The van der Waals surface area contributed by atoms with Crippen molar-refractivity contribution in [3.63, 3.8) is 0 Å². The second kappa shape index (κ2) is 5.78. The molecule has 0 unspecified atom stereocenters. The monoisotopic (exact) mass is 270 g/mol. The zero-order chi connectivity index (χ0) is 14.7. The van der Waals surface area contributed by atoms with Crippen molar-refractivity contribution in [2.24, 2.45) is 0 Å². The highest BCUT2D eigenvalue weighted by Crippen LogP contribution is 2.28. The van der Waals surface area contributed by atoms with E-state index in [-0.39, 0.29) is 6.10 Å². The van der Waals surface area contributed by atoms with Gasteiger partial charge in [-0.3, -0.25) is 0 Å². The maximum absolute atomic E-state index is 11.4. The number of carbonyl (C=O) groups is 1. The highest BCUT2D eigenvalue weighted by atomic mass is 16.5. The van der Waals surface area contributed by atoms with E-state index in [2.05, 4.69) is 0 Å². The van der Waals surface area contributed by atoms with Crippen LogP contribution in [-0.2, 0) is 0 Å². The maximum atomic E-state index is 11.4. The molecule has 0 atom stereocenters. The normalized spacial score (nSPS) is 10.6. The Hall–Kier alpha value is -2.29. The molecule has 0 aliphatic heterocycles. The van der Waals surface area contributed by atoms with Gasteiger partial charge < -0.3 is 9.84 Å². The fourth-order valence-corrected chi connectivity index (χ4v) is 2.10. The number of rotatable bonds is 4. The lowest BCUT2D eigenvalue weighted by atomic mass is 9.97. The molecule has 3 nitrogen and oxygen atoms in total. The first-order valence-corrected chi connectivity index (χ1v) is 6.58. The molecule has 0 fully saturated rings. The molecule has 3 heteroatoms. The molecule has 0 aromatic heterocycles. The Kier molecular flexibility index (Phi) is 4.08. The Bertz CT molecular complexity index is 630. The Morgan fingerprint density at radius 1 is 1.15 bits per heavy atom. The molecular formula is C17H18O3. The highest BCUT2D eigenvalue weighted by Gasteiger charge is 2.12. The van der Waals surface area contributed by atoms with Crippen LogP contribution in [0.15, 0.2) is 42.5 Å². The third-order valence-electron chi connectivity index (χ3n) is 2.92. The van der Waals surface area contributed by atoms with E-state index in [1.165, 1.54) is 0 Å². The Balaban J connectivity index is 2.48. The largest absolute Gasteiger partial charge is 0.491 e. The van der Waals surface area contributed by atoms with Gasteiger partial charge in [0.2, 0.25) is 0 Å². The number of aryl methyl sites for hydroxylation is 1. The lowest BCUT2D eigenvalue weighted by Crippen LogP contribution is -2.05. The van der Waals surface area contributed by atoms with Gasteiger partial charge in [0.25, 0.3) is 0 Å². The summed E-state index contributed by atoms with van der Waals surface area (Å²) >= 11 is 0. The third-order valence-corrected chi connectivity index (χ3v) is 2.92. The summed E-state index contributed by atoms with van der Waals surface area (Å²) < 4.78 is 5.65. The fraction of sp³-hybridized carbons (Fsp3) is 0.235. The quantitative estimate of drug-likeness (QED) is 0.907. The van der Waals surface area contributed by atoms with Gasteiger partial charge in [-0.05, 0) is 50.1 Å². The number of carboxylic acid groups (broad SMARTS) is 1. The molecule has 0 saturated carbocycles. The van der Waals surface area contributed by atoms with Crippen molar-refractivity contribution in [1.29, 1.82) is 0 Å². The van der Waals surface area contributed by atoms with Crippen LogP contribution in [0, 0.1) is 6.92 Å². The fourth-order valence-electron chi connectivity index (χ4n) is 2.10. The van der Waals surface area contributed by atoms with Gasteiger partial charge in [-0.2, -0.15) is 0 Å². The summed E-state index contributed by atoms with van der Waals surface area (Å²) in [6.07, 6.45) is 0.0854. The van der Waals surface area contributed by atoms with Crippen LogP contribution in [0.4, 0.5) is 0 Å². The van der Waals surface area contributed by atoms with Gasteiger partial charge in [0, 0.05) is 0 Å². The molecule has 0 heterocycles. The maximum Gasteiger partial charge on any atom is 0.336 e. The number of hydrogen-bond donors (Lipinski definition) is 1. The number of ether oxygens (including phenoxy) is 1. The molecular weight excluding hydrogens is 252 g/mol. The Morgan fingerprint density at radius 3 is 2.55 bits per heavy atom. The van der Waals surface area contributed by atoms with Gasteiger partial charge in [-0.1, -0.05) is 29.8 Å². The Morgan fingerprint density at radius 2 is 1.90 bits per heavy atom. The number of aromatic carboxylic acids is 1. The second-order valence-electron chi connectivity index (χ2n) is 5.05. The molecule has 0 bridgehead atoms. The molecule has 0 aliphatic rings. The molecule has 2 aromatic carbocycles. The van der Waals surface area contributed by atoms with Gasteiger partial charge in [-0.15, -0.1) is 0 Å².